The first kappa shape index (κ1) is 17.4. The molecule has 4 heteroatoms. The number of carbonyl (C=O) groups is 1. The second kappa shape index (κ2) is 7.10. The van der Waals surface area contributed by atoms with Crippen LogP contribution in [-0.2, 0) is 9.63 Å². The number of rotatable bonds is 6. The van der Waals surface area contributed by atoms with Gasteiger partial charge >= 0.3 is 0 Å². The third kappa shape index (κ3) is 8.48. The molecular formula is C14H30N2O2. The molecular weight excluding hydrogens is 228 g/mol. The summed E-state index contributed by atoms with van der Waals surface area (Å²) in [5, 5.41) is 0. The SMILES string of the molecule is CC(C)(C)ONC(=O)CCC(CCN)C(C)(C)C. The lowest BCUT2D eigenvalue weighted by molar-refractivity contribution is -0.146. The van der Waals surface area contributed by atoms with E-state index in [1.807, 2.05) is 20.8 Å². The summed E-state index contributed by atoms with van der Waals surface area (Å²) < 4.78 is 0. The number of carbonyl (C=O) groups excluding carboxylic acids is 1. The van der Waals surface area contributed by atoms with Crippen LogP contribution in [0.5, 0.6) is 0 Å². The second-order valence-electron chi connectivity index (χ2n) is 6.92. The molecule has 0 radical (unpaired) electrons. The van der Waals surface area contributed by atoms with E-state index in [9.17, 15) is 4.79 Å². The highest BCUT2D eigenvalue weighted by atomic mass is 16.7. The topological polar surface area (TPSA) is 64.3 Å². The molecule has 0 saturated heterocycles. The van der Waals surface area contributed by atoms with E-state index >= 15 is 0 Å². The summed E-state index contributed by atoms with van der Waals surface area (Å²) in [5.74, 6) is 0.402. The van der Waals surface area contributed by atoms with E-state index in [1.165, 1.54) is 0 Å². The zero-order valence-electron chi connectivity index (χ0n) is 12.8. The monoisotopic (exact) mass is 258 g/mol. The van der Waals surface area contributed by atoms with Gasteiger partial charge in [-0.15, -0.1) is 0 Å². The lowest BCUT2D eigenvalue weighted by atomic mass is 9.76. The van der Waals surface area contributed by atoms with Crippen LogP contribution < -0.4 is 11.2 Å². The fourth-order valence-electron chi connectivity index (χ4n) is 1.78. The average molecular weight is 258 g/mol. The summed E-state index contributed by atoms with van der Waals surface area (Å²) in [5.41, 5.74) is 7.96. The van der Waals surface area contributed by atoms with Gasteiger partial charge in [-0.05, 0) is 51.5 Å². The summed E-state index contributed by atoms with van der Waals surface area (Å²) in [6, 6.07) is 0. The maximum Gasteiger partial charge on any atom is 0.243 e. The minimum atomic E-state index is -0.351. The van der Waals surface area contributed by atoms with Gasteiger partial charge in [-0.2, -0.15) is 0 Å². The Morgan fingerprint density at radius 3 is 2.11 bits per heavy atom. The molecule has 0 heterocycles. The van der Waals surface area contributed by atoms with Crippen molar-refractivity contribution >= 4 is 5.91 Å². The molecule has 0 bridgehead atoms. The van der Waals surface area contributed by atoms with E-state index in [4.69, 9.17) is 10.6 Å². The quantitative estimate of drug-likeness (QED) is 0.720. The van der Waals surface area contributed by atoms with Crippen molar-refractivity contribution in [2.45, 2.75) is 66.4 Å². The predicted octanol–water partition coefficient (Wildman–Crippen LogP) is 2.62. The highest BCUT2D eigenvalue weighted by Crippen LogP contribution is 2.31. The molecule has 0 spiro atoms. The van der Waals surface area contributed by atoms with Gasteiger partial charge < -0.3 is 5.73 Å². The van der Waals surface area contributed by atoms with E-state index in [0.717, 1.165) is 12.8 Å². The van der Waals surface area contributed by atoms with Crippen molar-refractivity contribution in [2.75, 3.05) is 6.54 Å². The fraction of sp³-hybridized carbons (Fsp3) is 0.929. The largest absolute Gasteiger partial charge is 0.330 e. The van der Waals surface area contributed by atoms with Gasteiger partial charge in [0.2, 0.25) is 5.91 Å². The van der Waals surface area contributed by atoms with Gasteiger partial charge in [0.05, 0.1) is 5.60 Å². The van der Waals surface area contributed by atoms with E-state index in [0.29, 0.717) is 18.9 Å². The highest BCUT2D eigenvalue weighted by Gasteiger charge is 2.24. The molecule has 0 aromatic heterocycles. The minimum absolute atomic E-state index is 0.0591. The Balaban J connectivity index is 4.08. The van der Waals surface area contributed by atoms with Crippen LogP contribution in [0.2, 0.25) is 0 Å². The molecule has 108 valence electrons. The maximum atomic E-state index is 11.7. The summed E-state index contributed by atoms with van der Waals surface area (Å²) >= 11 is 0. The molecule has 18 heavy (non-hydrogen) atoms. The maximum absolute atomic E-state index is 11.7. The van der Waals surface area contributed by atoms with Crippen LogP contribution in [0.4, 0.5) is 0 Å². The smallest absolute Gasteiger partial charge is 0.243 e. The average Bonchev–Trinajstić information content (AvgIpc) is 2.18. The molecule has 0 fully saturated rings. The molecule has 1 atom stereocenters. The number of hydrogen-bond acceptors (Lipinski definition) is 3. The summed E-state index contributed by atoms with van der Waals surface area (Å²) in [6.07, 6.45) is 2.29. The third-order valence-corrected chi connectivity index (χ3v) is 2.93. The zero-order chi connectivity index (χ0) is 14.4. The van der Waals surface area contributed by atoms with Crippen molar-refractivity contribution in [3.63, 3.8) is 0 Å². The van der Waals surface area contributed by atoms with Crippen molar-refractivity contribution in [1.29, 1.82) is 0 Å². The van der Waals surface area contributed by atoms with Crippen LogP contribution in [0.15, 0.2) is 0 Å². The molecule has 1 amide bonds. The van der Waals surface area contributed by atoms with Crippen LogP contribution in [-0.4, -0.2) is 18.1 Å². The van der Waals surface area contributed by atoms with Crippen molar-refractivity contribution in [3.8, 4) is 0 Å². The zero-order valence-corrected chi connectivity index (χ0v) is 12.8. The Morgan fingerprint density at radius 1 is 1.17 bits per heavy atom. The van der Waals surface area contributed by atoms with Gasteiger partial charge in [-0.3, -0.25) is 9.63 Å². The van der Waals surface area contributed by atoms with Crippen molar-refractivity contribution < 1.29 is 9.63 Å². The molecule has 3 N–H and O–H groups in total. The molecule has 0 aliphatic carbocycles. The molecule has 0 aromatic carbocycles. The molecule has 0 aliphatic heterocycles. The van der Waals surface area contributed by atoms with Crippen molar-refractivity contribution in [3.05, 3.63) is 0 Å². The van der Waals surface area contributed by atoms with Crippen LogP contribution in [0.25, 0.3) is 0 Å². The summed E-state index contributed by atoms with van der Waals surface area (Å²) in [6.45, 7) is 13.0. The summed E-state index contributed by atoms with van der Waals surface area (Å²) in [7, 11) is 0. The lowest BCUT2D eigenvalue weighted by Gasteiger charge is -2.30. The highest BCUT2D eigenvalue weighted by molar-refractivity contribution is 5.74. The Morgan fingerprint density at radius 2 is 1.72 bits per heavy atom. The van der Waals surface area contributed by atoms with E-state index < -0.39 is 0 Å². The van der Waals surface area contributed by atoms with Crippen LogP contribution in [0, 0.1) is 11.3 Å². The van der Waals surface area contributed by atoms with E-state index in [-0.39, 0.29) is 16.9 Å². The first-order valence-corrected chi connectivity index (χ1v) is 6.73. The van der Waals surface area contributed by atoms with Gasteiger partial charge in [-0.25, -0.2) is 5.48 Å². The molecule has 0 saturated carbocycles. The Hall–Kier alpha value is -0.610. The van der Waals surface area contributed by atoms with Gasteiger partial charge in [0.15, 0.2) is 0 Å². The van der Waals surface area contributed by atoms with E-state index in [2.05, 4.69) is 26.3 Å². The van der Waals surface area contributed by atoms with Gasteiger partial charge in [-0.1, -0.05) is 20.8 Å². The first-order chi connectivity index (χ1) is 8.06. The molecule has 0 rings (SSSR count). The van der Waals surface area contributed by atoms with Gasteiger partial charge in [0, 0.05) is 6.42 Å². The molecule has 4 nitrogen and oxygen atoms in total. The normalized spacial score (nSPS) is 14.4. The Kier molecular flexibility index (Phi) is 6.86. The summed E-state index contributed by atoms with van der Waals surface area (Å²) in [4.78, 5) is 16.9. The minimum Gasteiger partial charge on any atom is -0.330 e. The lowest BCUT2D eigenvalue weighted by Crippen LogP contribution is -2.34. The van der Waals surface area contributed by atoms with Crippen LogP contribution >= 0.6 is 0 Å². The van der Waals surface area contributed by atoms with Crippen molar-refractivity contribution in [1.82, 2.24) is 5.48 Å². The first-order valence-electron chi connectivity index (χ1n) is 6.73. The third-order valence-electron chi connectivity index (χ3n) is 2.93. The Labute approximate surface area is 112 Å². The number of nitrogens with one attached hydrogen (secondary N) is 1. The van der Waals surface area contributed by atoms with E-state index in [1.54, 1.807) is 0 Å². The number of hydrogen-bond donors (Lipinski definition) is 2. The standard InChI is InChI=1S/C14H30N2O2/c1-13(2,3)11(9-10-15)7-8-12(17)16-18-14(4,5)6/h11H,7-10,15H2,1-6H3,(H,16,17). The number of hydroxylamine groups is 1. The van der Waals surface area contributed by atoms with Gasteiger partial charge in [0.25, 0.3) is 0 Å². The fourth-order valence-corrected chi connectivity index (χ4v) is 1.78. The van der Waals surface area contributed by atoms with Crippen LogP contribution in [0.1, 0.15) is 60.8 Å². The number of amides is 1. The second-order valence-corrected chi connectivity index (χ2v) is 6.92. The van der Waals surface area contributed by atoms with Crippen molar-refractivity contribution in [2.24, 2.45) is 17.1 Å². The van der Waals surface area contributed by atoms with Gasteiger partial charge in [0.1, 0.15) is 0 Å². The molecule has 0 aliphatic rings. The number of nitrogens with two attached hydrogens (primary N) is 1. The Bertz CT molecular complexity index is 252. The molecule has 0 aromatic rings. The van der Waals surface area contributed by atoms with Crippen LogP contribution in [0.3, 0.4) is 0 Å². The predicted molar refractivity (Wildman–Crippen MR) is 74.8 cm³/mol. The molecule has 1 unspecified atom stereocenters.